The van der Waals surface area contributed by atoms with Gasteiger partial charge in [-0.15, -0.1) is 10.2 Å². The lowest BCUT2D eigenvalue weighted by atomic mass is 10.2. The second-order valence-corrected chi connectivity index (χ2v) is 4.82. The van der Waals surface area contributed by atoms with Crippen molar-refractivity contribution in [2.45, 2.75) is 0 Å². The maximum absolute atomic E-state index is 11.1. The van der Waals surface area contributed by atoms with Crippen LogP contribution in [-0.4, -0.2) is 30.7 Å². The van der Waals surface area contributed by atoms with E-state index in [0.717, 1.165) is 0 Å². The zero-order valence-electron chi connectivity index (χ0n) is 9.99. The van der Waals surface area contributed by atoms with Gasteiger partial charge < -0.3 is 10.4 Å². The molecule has 2 heterocycles. The Kier molecular flexibility index (Phi) is 3.07. The third kappa shape index (κ3) is 2.21. The molecule has 1 aromatic carbocycles. The largest absolute Gasteiger partial charge is 0.478 e. The van der Waals surface area contributed by atoms with Crippen LogP contribution in [0.15, 0.2) is 41.4 Å². The number of aromatic nitrogens is 4. The molecule has 0 saturated heterocycles. The highest BCUT2D eigenvalue weighted by Gasteiger charge is 2.11. The molecule has 7 nitrogen and oxygen atoms in total. The molecule has 0 bridgehead atoms. The quantitative estimate of drug-likeness (QED) is 0.764. The minimum absolute atomic E-state index is 0.170. The van der Waals surface area contributed by atoms with Gasteiger partial charge >= 0.3 is 5.97 Å². The number of halogens is 1. The van der Waals surface area contributed by atoms with Gasteiger partial charge in [0, 0.05) is 22.6 Å². The summed E-state index contributed by atoms with van der Waals surface area (Å²) < 4.78 is 2.23. The lowest BCUT2D eigenvalue weighted by Gasteiger charge is -2.08. The van der Waals surface area contributed by atoms with Crippen LogP contribution in [0.5, 0.6) is 0 Å². The van der Waals surface area contributed by atoms with Crippen LogP contribution in [0.1, 0.15) is 10.4 Å². The summed E-state index contributed by atoms with van der Waals surface area (Å²) in [6.07, 6.45) is 4.90. The first kappa shape index (κ1) is 12.5. The van der Waals surface area contributed by atoms with Crippen LogP contribution in [0.4, 0.5) is 11.5 Å². The second-order valence-electron chi connectivity index (χ2n) is 3.96. The SMILES string of the molecule is O=C(O)c1cc(Nc2nccn3cnnc23)ccc1Br. The van der Waals surface area contributed by atoms with Gasteiger partial charge in [0.05, 0.1) is 5.56 Å². The van der Waals surface area contributed by atoms with E-state index in [4.69, 9.17) is 5.11 Å². The van der Waals surface area contributed by atoms with E-state index in [0.29, 0.717) is 21.6 Å². The summed E-state index contributed by atoms with van der Waals surface area (Å²) in [5.74, 6) is -0.502. The van der Waals surface area contributed by atoms with Crippen LogP contribution in [0.2, 0.25) is 0 Å². The molecule has 0 unspecified atom stereocenters. The predicted molar refractivity (Wildman–Crippen MR) is 75.2 cm³/mol. The van der Waals surface area contributed by atoms with Crippen molar-refractivity contribution >= 4 is 39.1 Å². The van der Waals surface area contributed by atoms with E-state index in [1.807, 2.05) is 0 Å². The van der Waals surface area contributed by atoms with Crippen LogP contribution in [0, 0.1) is 0 Å². The van der Waals surface area contributed by atoms with Crippen LogP contribution in [0.25, 0.3) is 5.65 Å². The summed E-state index contributed by atoms with van der Waals surface area (Å²) in [5.41, 5.74) is 1.34. The highest BCUT2D eigenvalue weighted by Crippen LogP contribution is 2.24. The second kappa shape index (κ2) is 4.89. The number of benzene rings is 1. The van der Waals surface area contributed by atoms with Crippen molar-refractivity contribution < 1.29 is 9.90 Å². The van der Waals surface area contributed by atoms with Crippen LogP contribution in [0.3, 0.4) is 0 Å². The average Bonchev–Trinajstić information content (AvgIpc) is 2.90. The van der Waals surface area contributed by atoms with Crippen LogP contribution >= 0.6 is 15.9 Å². The molecule has 100 valence electrons. The topological polar surface area (TPSA) is 92.4 Å². The van der Waals surface area contributed by atoms with Gasteiger partial charge in [0.1, 0.15) is 6.33 Å². The highest BCUT2D eigenvalue weighted by atomic mass is 79.9. The Balaban J connectivity index is 2.01. The van der Waals surface area contributed by atoms with E-state index in [2.05, 4.69) is 36.4 Å². The normalized spacial score (nSPS) is 10.7. The summed E-state index contributed by atoms with van der Waals surface area (Å²) in [6, 6.07) is 4.93. The van der Waals surface area contributed by atoms with E-state index in [1.54, 1.807) is 35.3 Å². The van der Waals surface area contributed by atoms with Gasteiger partial charge in [-0.05, 0) is 34.1 Å². The first-order valence-corrected chi connectivity index (χ1v) is 6.38. The number of fused-ring (bicyclic) bond motifs is 1. The minimum Gasteiger partial charge on any atom is -0.478 e. The number of rotatable bonds is 3. The fourth-order valence-electron chi connectivity index (χ4n) is 1.75. The number of anilines is 2. The fourth-order valence-corrected chi connectivity index (χ4v) is 2.17. The zero-order valence-corrected chi connectivity index (χ0v) is 11.6. The van der Waals surface area contributed by atoms with E-state index < -0.39 is 5.97 Å². The minimum atomic E-state index is -1.01. The molecule has 0 spiro atoms. The third-order valence-electron chi connectivity index (χ3n) is 2.68. The average molecular weight is 334 g/mol. The van der Waals surface area contributed by atoms with Gasteiger partial charge in [-0.25, -0.2) is 9.78 Å². The van der Waals surface area contributed by atoms with Gasteiger partial charge in [0.25, 0.3) is 0 Å². The molecule has 0 aliphatic carbocycles. The Labute approximate surface area is 121 Å². The molecule has 0 aliphatic rings. The number of nitrogens with one attached hydrogen (secondary N) is 1. The first-order valence-electron chi connectivity index (χ1n) is 5.59. The lowest BCUT2D eigenvalue weighted by Crippen LogP contribution is -2.01. The van der Waals surface area contributed by atoms with Crippen molar-refractivity contribution in [1.29, 1.82) is 0 Å². The molecule has 2 aromatic heterocycles. The first-order chi connectivity index (χ1) is 9.65. The zero-order chi connectivity index (χ0) is 14.1. The standard InChI is InChI=1S/C12H8BrN5O2/c13-9-2-1-7(5-8(9)12(19)20)16-10-11-17-15-6-18(11)4-3-14-10/h1-6H,(H,14,16)(H,19,20). The Morgan fingerprint density at radius 2 is 2.25 bits per heavy atom. The lowest BCUT2D eigenvalue weighted by molar-refractivity contribution is 0.0696. The predicted octanol–water partition coefficient (Wildman–Crippen LogP) is 2.33. The molecule has 3 rings (SSSR count). The Bertz CT molecular complexity index is 801. The van der Waals surface area contributed by atoms with Crippen molar-refractivity contribution in [3.8, 4) is 0 Å². The fraction of sp³-hybridized carbons (Fsp3) is 0. The van der Waals surface area contributed by atoms with Crippen molar-refractivity contribution in [1.82, 2.24) is 19.6 Å². The molecule has 0 aliphatic heterocycles. The van der Waals surface area contributed by atoms with Crippen molar-refractivity contribution in [2.24, 2.45) is 0 Å². The molecule has 0 saturated carbocycles. The van der Waals surface area contributed by atoms with E-state index >= 15 is 0 Å². The monoisotopic (exact) mass is 333 g/mol. The van der Waals surface area contributed by atoms with Crippen LogP contribution in [-0.2, 0) is 0 Å². The number of carboxylic acids is 1. The van der Waals surface area contributed by atoms with E-state index in [1.165, 1.54) is 6.07 Å². The molecular weight excluding hydrogens is 326 g/mol. The summed E-state index contributed by atoms with van der Waals surface area (Å²) in [5, 5.41) is 19.9. The molecule has 8 heteroatoms. The number of hydrogen-bond acceptors (Lipinski definition) is 5. The molecule has 0 radical (unpaired) electrons. The van der Waals surface area contributed by atoms with Crippen molar-refractivity contribution in [3.63, 3.8) is 0 Å². The number of aromatic carboxylic acids is 1. The summed E-state index contributed by atoms with van der Waals surface area (Å²) in [7, 11) is 0. The summed E-state index contributed by atoms with van der Waals surface area (Å²) in [6.45, 7) is 0. The van der Waals surface area contributed by atoms with Gasteiger partial charge in [0.2, 0.25) is 5.65 Å². The van der Waals surface area contributed by atoms with Gasteiger partial charge in [-0.1, -0.05) is 0 Å². The maximum Gasteiger partial charge on any atom is 0.336 e. The Morgan fingerprint density at radius 3 is 3.05 bits per heavy atom. The van der Waals surface area contributed by atoms with Gasteiger partial charge in [-0.3, -0.25) is 4.40 Å². The van der Waals surface area contributed by atoms with Crippen LogP contribution < -0.4 is 5.32 Å². The highest BCUT2D eigenvalue weighted by molar-refractivity contribution is 9.10. The Hall–Kier alpha value is -2.48. The smallest absolute Gasteiger partial charge is 0.336 e. The molecule has 2 N–H and O–H groups in total. The number of hydrogen-bond donors (Lipinski definition) is 2. The van der Waals surface area contributed by atoms with Gasteiger partial charge in [-0.2, -0.15) is 0 Å². The number of carbonyl (C=O) groups is 1. The number of nitrogens with zero attached hydrogens (tertiary/aromatic N) is 4. The third-order valence-corrected chi connectivity index (χ3v) is 3.37. The molecule has 0 amide bonds. The summed E-state index contributed by atoms with van der Waals surface area (Å²) >= 11 is 3.20. The molecular formula is C12H8BrN5O2. The van der Waals surface area contributed by atoms with Crippen molar-refractivity contribution in [2.75, 3.05) is 5.32 Å². The Morgan fingerprint density at radius 1 is 1.40 bits per heavy atom. The molecule has 0 fully saturated rings. The van der Waals surface area contributed by atoms with E-state index in [9.17, 15) is 4.79 Å². The molecule has 20 heavy (non-hydrogen) atoms. The van der Waals surface area contributed by atoms with Gasteiger partial charge in [0.15, 0.2) is 5.82 Å². The number of carboxylic acid groups (broad SMARTS) is 1. The van der Waals surface area contributed by atoms with Crippen molar-refractivity contribution in [3.05, 3.63) is 47.0 Å². The molecule has 0 atom stereocenters. The maximum atomic E-state index is 11.1. The van der Waals surface area contributed by atoms with E-state index in [-0.39, 0.29) is 5.56 Å². The summed E-state index contributed by atoms with van der Waals surface area (Å²) in [4.78, 5) is 15.3. The molecule has 3 aromatic rings.